The van der Waals surface area contributed by atoms with Gasteiger partial charge in [-0.1, -0.05) is 42.1 Å². The molecule has 34 heavy (non-hydrogen) atoms. The fraction of sp³-hybridized carbons (Fsp3) is 0.0476. The molecule has 0 saturated heterocycles. The van der Waals surface area contributed by atoms with E-state index < -0.39 is 11.8 Å². The summed E-state index contributed by atoms with van der Waals surface area (Å²) in [5.74, 6) is -0.606. The Kier molecular flexibility index (Phi) is 6.16. The van der Waals surface area contributed by atoms with E-state index in [0.717, 1.165) is 0 Å². The van der Waals surface area contributed by atoms with E-state index in [1.165, 1.54) is 4.68 Å². The monoisotopic (exact) mass is 461 g/mol. The van der Waals surface area contributed by atoms with Gasteiger partial charge in [0.15, 0.2) is 12.3 Å². The van der Waals surface area contributed by atoms with Crippen molar-refractivity contribution in [3.05, 3.63) is 72.4 Å². The van der Waals surface area contributed by atoms with Crippen LogP contribution in [-0.4, -0.2) is 43.7 Å². The van der Waals surface area contributed by atoms with Crippen LogP contribution in [0.1, 0.15) is 16.1 Å². The lowest BCUT2D eigenvalue weighted by atomic mass is 10.1. The summed E-state index contributed by atoms with van der Waals surface area (Å²) < 4.78 is 11.1. The first-order valence-corrected chi connectivity index (χ1v) is 9.80. The third-order valence-electron chi connectivity index (χ3n) is 4.54. The third kappa shape index (κ3) is 4.67. The number of anilines is 1. The molecular formula is C21H19N9O4. The minimum atomic E-state index is -0.581. The lowest BCUT2D eigenvalue weighted by Crippen LogP contribution is -2.36. The van der Waals surface area contributed by atoms with Crippen molar-refractivity contribution in [2.75, 3.05) is 12.3 Å². The van der Waals surface area contributed by atoms with Gasteiger partial charge in [0, 0.05) is 5.56 Å². The van der Waals surface area contributed by atoms with Crippen molar-refractivity contribution in [3.8, 4) is 22.8 Å². The van der Waals surface area contributed by atoms with E-state index in [1.807, 2.05) is 6.07 Å². The van der Waals surface area contributed by atoms with Gasteiger partial charge in [-0.25, -0.2) is 4.63 Å². The first-order valence-electron chi connectivity index (χ1n) is 9.80. The molecule has 0 aliphatic heterocycles. The van der Waals surface area contributed by atoms with Gasteiger partial charge in [0.1, 0.15) is 11.4 Å². The highest BCUT2D eigenvalue weighted by molar-refractivity contribution is 5.98. The first-order chi connectivity index (χ1) is 16.4. The number of benzene rings is 2. The number of nitrogens with one attached hydrogen (secondary N) is 2. The van der Waals surface area contributed by atoms with Crippen LogP contribution >= 0.6 is 0 Å². The van der Waals surface area contributed by atoms with Gasteiger partial charge in [-0.05, 0) is 40.1 Å². The van der Waals surface area contributed by atoms with Crippen molar-refractivity contribution in [1.29, 1.82) is 0 Å². The molecule has 0 saturated carbocycles. The maximum Gasteiger partial charge on any atom is 0.292 e. The average Bonchev–Trinajstić information content (AvgIpc) is 3.47. The second-order valence-electron chi connectivity index (χ2n) is 6.87. The van der Waals surface area contributed by atoms with E-state index in [4.69, 9.17) is 16.2 Å². The Morgan fingerprint density at radius 1 is 1.06 bits per heavy atom. The predicted octanol–water partition coefficient (Wildman–Crippen LogP) is 0.669. The summed E-state index contributed by atoms with van der Waals surface area (Å²) in [5, 5.41) is 15.3. The zero-order valence-corrected chi connectivity index (χ0v) is 17.6. The topological polar surface area (TPSA) is 189 Å². The van der Waals surface area contributed by atoms with Gasteiger partial charge in [0.2, 0.25) is 11.6 Å². The first kappa shape index (κ1) is 22.0. The van der Waals surface area contributed by atoms with Crippen molar-refractivity contribution in [1.82, 2.24) is 36.2 Å². The average molecular weight is 461 g/mol. The molecule has 0 unspecified atom stereocenters. The number of hydrogen-bond acceptors (Lipinski definition) is 10. The molecule has 2 amide bonds. The highest BCUT2D eigenvalue weighted by Gasteiger charge is 2.25. The Balaban J connectivity index is 1.51. The van der Waals surface area contributed by atoms with Gasteiger partial charge in [-0.2, -0.15) is 4.68 Å². The van der Waals surface area contributed by atoms with Crippen molar-refractivity contribution >= 4 is 23.3 Å². The summed E-state index contributed by atoms with van der Waals surface area (Å²) in [6.45, 7) is 3.68. The molecule has 2 aromatic carbocycles. The van der Waals surface area contributed by atoms with E-state index >= 15 is 0 Å². The minimum Gasteiger partial charge on any atom is -0.484 e. The molecule has 13 nitrogen and oxygen atoms in total. The SMILES string of the molecule is C=C(NNC(=O)c1nnn(-c2nonc2N)c1-c1ccccc1)c1ccc(OCC(N)=O)cc1. The van der Waals surface area contributed by atoms with E-state index in [9.17, 15) is 9.59 Å². The lowest BCUT2D eigenvalue weighted by Gasteiger charge is -2.12. The van der Waals surface area contributed by atoms with Crippen molar-refractivity contribution < 1.29 is 19.0 Å². The number of ether oxygens (including phenoxy) is 1. The number of primary amides is 1. The standard InChI is InChI=1S/C21H19N9O4/c1-12(13-7-9-15(10-8-13)33-11-16(22)31)24-26-21(32)17-18(14-5-3-2-4-6-14)30(29-25-17)20-19(23)27-34-28-20/h2-10,24H,1,11H2,(H2,22,31)(H2,23,27)(H,26,32). The maximum atomic E-state index is 13.0. The number of nitrogens with two attached hydrogens (primary N) is 2. The fourth-order valence-corrected chi connectivity index (χ4v) is 2.95. The van der Waals surface area contributed by atoms with Crippen molar-refractivity contribution in [3.63, 3.8) is 0 Å². The zero-order chi connectivity index (χ0) is 24.1. The van der Waals surface area contributed by atoms with Gasteiger partial charge in [0.05, 0.1) is 5.70 Å². The number of nitrogens with zero attached hydrogens (tertiary/aromatic N) is 5. The third-order valence-corrected chi connectivity index (χ3v) is 4.54. The summed E-state index contributed by atoms with van der Waals surface area (Å²) in [4.78, 5) is 23.8. The number of aromatic nitrogens is 5. The molecule has 4 rings (SSSR count). The normalized spacial score (nSPS) is 10.5. The Morgan fingerprint density at radius 2 is 1.79 bits per heavy atom. The lowest BCUT2D eigenvalue weighted by molar-refractivity contribution is -0.119. The van der Waals surface area contributed by atoms with Gasteiger partial charge in [-0.3, -0.25) is 20.4 Å². The molecule has 4 aromatic rings. The van der Waals surface area contributed by atoms with Crippen LogP contribution < -0.4 is 27.1 Å². The summed E-state index contributed by atoms with van der Waals surface area (Å²) >= 11 is 0. The van der Waals surface area contributed by atoms with Gasteiger partial charge in [0.25, 0.3) is 11.8 Å². The van der Waals surface area contributed by atoms with Crippen LogP contribution in [0.15, 0.2) is 65.8 Å². The molecule has 0 atom stereocenters. The molecule has 0 radical (unpaired) electrons. The largest absolute Gasteiger partial charge is 0.484 e. The molecule has 0 fully saturated rings. The van der Waals surface area contributed by atoms with Crippen LogP contribution in [0.2, 0.25) is 0 Å². The Bertz CT molecular complexity index is 1330. The number of amides is 2. The molecule has 0 spiro atoms. The van der Waals surface area contributed by atoms with Gasteiger partial charge in [-0.15, -0.1) is 5.10 Å². The number of rotatable bonds is 9. The van der Waals surface area contributed by atoms with E-state index in [1.54, 1.807) is 48.5 Å². The Hall–Kier alpha value is -5.20. The molecule has 0 aliphatic rings. The molecule has 2 aromatic heterocycles. The summed E-state index contributed by atoms with van der Waals surface area (Å²) in [6.07, 6.45) is 0. The summed E-state index contributed by atoms with van der Waals surface area (Å²) in [5.41, 5.74) is 18.2. The zero-order valence-electron chi connectivity index (χ0n) is 17.6. The molecule has 2 heterocycles. The minimum absolute atomic E-state index is 0.00380. The van der Waals surface area contributed by atoms with Gasteiger partial charge >= 0.3 is 0 Å². The molecule has 13 heteroatoms. The summed E-state index contributed by atoms with van der Waals surface area (Å²) in [7, 11) is 0. The molecule has 0 aliphatic carbocycles. The number of hydrogen-bond donors (Lipinski definition) is 4. The maximum absolute atomic E-state index is 13.0. The summed E-state index contributed by atoms with van der Waals surface area (Å²) in [6, 6.07) is 15.7. The molecule has 172 valence electrons. The molecular weight excluding hydrogens is 442 g/mol. The highest BCUT2D eigenvalue weighted by atomic mass is 16.6. The quantitative estimate of drug-likeness (QED) is 0.258. The second-order valence-corrected chi connectivity index (χ2v) is 6.87. The smallest absolute Gasteiger partial charge is 0.292 e. The number of nitrogen functional groups attached to an aromatic ring is 1. The van der Waals surface area contributed by atoms with Crippen molar-refractivity contribution in [2.45, 2.75) is 0 Å². The van der Waals surface area contributed by atoms with E-state index in [0.29, 0.717) is 28.3 Å². The van der Waals surface area contributed by atoms with Crippen LogP contribution in [0.5, 0.6) is 5.75 Å². The number of carbonyl (C=O) groups excluding carboxylic acids is 2. The van der Waals surface area contributed by atoms with E-state index in [-0.39, 0.29) is 23.9 Å². The fourth-order valence-electron chi connectivity index (χ4n) is 2.95. The Morgan fingerprint density at radius 3 is 2.44 bits per heavy atom. The molecule has 0 bridgehead atoms. The second kappa shape index (κ2) is 9.52. The highest BCUT2D eigenvalue weighted by Crippen LogP contribution is 2.26. The van der Waals surface area contributed by atoms with Crippen LogP contribution in [0, 0.1) is 0 Å². The Labute approximate surface area is 192 Å². The molecule has 6 N–H and O–H groups in total. The predicted molar refractivity (Wildman–Crippen MR) is 120 cm³/mol. The number of carbonyl (C=O) groups is 2. The van der Waals surface area contributed by atoms with Gasteiger partial charge < -0.3 is 16.2 Å². The van der Waals surface area contributed by atoms with Crippen LogP contribution in [0.3, 0.4) is 0 Å². The van der Waals surface area contributed by atoms with Crippen LogP contribution in [0.4, 0.5) is 5.82 Å². The van der Waals surface area contributed by atoms with Crippen LogP contribution in [0.25, 0.3) is 22.8 Å². The van der Waals surface area contributed by atoms with E-state index in [2.05, 4.69) is 42.7 Å². The number of hydrazine groups is 1. The van der Waals surface area contributed by atoms with Crippen molar-refractivity contribution in [2.24, 2.45) is 5.73 Å². The van der Waals surface area contributed by atoms with Crippen LogP contribution in [-0.2, 0) is 4.79 Å².